The van der Waals surface area contributed by atoms with Crippen LogP contribution in [0.2, 0.25) is 0 Å². The van der Waals surface area contributed by atoms with Gasteiger partial charge in [0, 0.05) is 45.1 Å². The molecule has 1 atom stereocenters. The maximum Gasteiger partial charge on any atom is 0.225 e. The van der Waals surface area contributed by atoms with Crippen molar-refractivity contribution in [3.63, 3.8) is 0 Å². The van der Waals surface area contributed by atoms with Crippen LogP contribution in [0.1, 0.15) is 0 Å². The summed E-state index contributed by atoms with van der Waals surface area (Å²) in [6.45, 7) is 5.35. The minimum Gasteiger partial charge on any atom is -0.486 e. The molecule has 3 heterocycles. The van der Waals surface area contributed by atoms with Crippen molar-refractivity contribution in [1.29, 1.82) is 0 Å². The lowest BCUT2D eigenvalue weighted by Crippen LogP contribution is -2.51. The average molecular weight is 312 g/mol. The number of hydrogen-bond donors (Lipinski definition) is 0. The molecule has 120 valence electrons. The van der Waals surface area contributed by atoms with Gasteiger partial charge in [-0.15, -0.1) is 0 Å². The van der Waals surface area contributed by atoms with Gasteiger partial charge in [0.25, 0.3) is 0 Å². The quantitative estimate of drug-likeness (QED) is 0.855. The van der Waals surface area contributed by atoms with Gasteiger partial charge in [-0.3, -0.25) is 4.90 Å². The molecule has 0 aliphatic carbocycles. The van der Waals surface area contributed by atoms with Crippen molar-refractivity contribution >= 4 is 5.95 Å². The summed E-state index contributed by atoms with van der Waals surface area (Å²) >= 11 is 0. The van der Waals surface area contributed by atoms with Crippen molar-refractivity contribution in [1.82, 2.24) is 14.9 Å². The Kier molecular flexibility index (Phi) is 3.98. The van der Waals surface area contributed by atoms with E-state index in [1.807, 2.05) is 30.3 Å². The zero-order valence-electron chi connectivity index (χ0n) is 13.0. The number of benzene rings is 1. The molecule has 6 nitrogen and oxygen atoms in total. The highest BCUT2D eigenvalue weighted by atomic mass is 16.6. The summed E-state index contributed by atoms with van der Waals surface area (Å²) in [5.74, 6) is 2.51. The number of piperazine rings is 1. The van der Waals surface area contributed by atoms with Gasteiger partial charge < -0.3 is 14.4 Å². The molecule has 23 heavy (non-hydrogen) atoms. The molecule has 0 amide bonds. The summed E-state index contributed by atoms with van der Waals surface area (Å²) in [5, 5.41) is 0. The fourth-order valence-electron chi connectivity index (χ4n) is 3.03. The van der Waals surface area contributed by atoms with Crippen LogP contribution in [0.4, 0.5) is 5.95 Å². The van der Waals surface area contributed by atoms with E-state index < -0.39 is 0 Å². The molecule has 0 bridgehead atoms. The molecule has 0 N–H and O–H groups in total. The van der Waals surface area contributed by atoms with E-state index in [0.717, 1.165) is 50.2 Å². The van der Waals surface area contributed by atoms with Crippen LogP contribution >= 0.6 is 0 Å². The molecule has 1 aromatic heterocycles. The fourth-order valence-corrected chi connectivity index (χ4v) is 3.03. The molecule has 2 aliphatic rings. The van der Waals surface area contributed by atoms with E-state index >= 15 is 0 Å². The minimum absolute atomic E-state index is 0.0874. The van der Waals surface area contributed by atoms with Crippen LogP contribution in [0, 0.1) is 0 Å². The largest absolute Gasteiger partial charge is 0.486 e. The summed E-state index contributed by atoms with van der Waals surface area (Å²) in [6, 6.07) is 9.70. The second-order valence-corrected chi connectivity index (χ2v) is 5.83. The van der Waals surface area contributed by atoms with Crippen LogP contribution < -0.4 is 14.4 Å². The van der Waals surface area contributed by atoms with Crippen molar-refractivity contribution in [3.05, 3.63) is 42.7 Å². The summed E-state index contributed by atoms with van der Waals surface area (Å²) in [4.78, 5) is 13.3. The number of para-hydroxylation sites is 2. The van der Waals surface area contributed by atoms with Crippen molar-refractivity contribution in [2.24, 2.45) is 0 Å². The number of hydrogen-bond acceptors (Lipinski definition) is 6. The normalized spacial score (nSPS) is 21.2. The summed E-state index contributed by atoms with van der Waals surface area (Å²) in [5.41, 5.74) is 0. The Bertz CT molecular complexity index is 644. The maximum atomic E-state index is 6.04. The van der Waals surface area contributed by atoms with Crippen molar-refractivity contribution in [3.8, 4) is 11.5 Å². The van der Waals surface area contributed by atoms with Crippen molar-refractivity contribution in [2.45, 2.75) is 6.10 Å². The number of anilines is 1. The highest BCUT2D eigenvalue weighted by Gasteiger charge is 2.25. The minimum atomic E-state index is 0.0874. The van der Waals surface area contributed by atoms with E-state index in [4.69, 9.17) is 9.47 Å². The van der Waals surface area contributed by atoms with Gasteiger partial charge in [-0.05, 0) is 18.2 Å². The molecule has 1 aromatic carbocycles. The number of ether oxygens (including phenoxy) is 2. The van der Waals surface area contributed by atoms with E-state index in [1.165, 1.54) is 0 Å². The molecular weight excluding hydrogens is 292 g/mol. The van der Waals surface area contributed by atoms with Crippen LogP contribution in [0.15, 0.2) is 42.7 Å². The Labute approximate surface area is 135 Å². The van der Waals surface area contributed by atoms with E-state index in [0.29, 0.717) is 6.61 Å². The standard InChI is InChI=1S/C17H20N4O2/c1-2-5-16-15(4-1)22-13-14(23-16)12-20-8-10-21(11-9-20)17-18-6-3-7-19-17/h1-7,14H,8-13H2. The predicted octanol–water partition coefficient (Wildman–Crippen LogP) is 1.44. The van der Waals surface area contributed by atoms with Crippen LogP contribution in [-0.4, -0.2) is 60.3 Å². The summed E-state index contributed by atoms with van der Waals surface area (Å²) < 4.78 is 11.8. The molecule has 4 rings (SSSR count). The van der Waals surface area contributed by atoms with Gasteiger partial charge in [0.2, 0.25) is 5.95 Å². The highest BCUT2D eigenvalue weighted by molar-refractivity contribution is 5.40. The Hall–Kier alpha value is -2.34. The van der Waals surface area contributed by atoms with E-state index in [1.54, 1.807) is 12.4 Å². The second kappa shape index (κ2) is 6.42. The van der Waals surface area contributed by atoms with E-state index in [2.05, 4.69) is 19.8 Å². The van der Waals surface area contributed by atoms with Crippen molar-refractivity contribution < 1.29 is 9.47 Å². The molecule has 1 fully saturated rings. The van der Waals surface area contributed by atoms with Gasteiger partial charge >= 0.3 is 0 Å². The van der Waals surface area contributed by atoms with Crippen LogP contribution in [-0.2, 0) is 0 Å². The van der Waals surface area contributed by atoms with Crippen molar-refractivity contribution in [2.75, 3.05) is 44.2 Å². The second-order valence-electron chi connectivity index (χ2n) is 5.83. The summed E-state index contributed by atoms with van der Waals surface area (Å²) in [6.07, 6.45) is 3.67. The predicted molar refractivity (Wildman–Crippen MR) is 87.0 cm³/mol. The number of aromatic nitrogens is 2. The Morgan fingerprint density at radius 3 is 2.48 bits per heavy atom. The van der Waals surface area contributed by atoms with Gasteiger partial charge in [0.15, 0.2) is 11.5 Å². The van der Waals surface area contributed by atoms with Crippen LogP contribution in [0.3, 0.4) is 0 Å². The highest BCUT2D eigenvalue weighted by Crippen LogP contribution is 2.31. The lowest BCUT2D eigenvalue weighted by atomic mass is 10.2. The Morgan fingerprint density at radius 2 is 1.70 bits per heavy atom. The molecule has 1 unspecified atom stereocenters. The Balaban J connectivity index is 1.30. The van der Waals surface area contributed by atoms with Crippen LogP contribution in [0.25, 0.3) is 0 Å². The molecule has 0 saturated carbocycles. The van der Waals surface area contributed by atoms with Gasteiger partial charge in [0.1, 0.15) is 12.7 Å². The first-order valence-electron chi connectivity index (χ1n) is 8.01. The lowest BCUT2D eigenvalue weighted by Gasteiger charge is -2.37. The molecule has 0 spiro atoms. The molecule has 0 radical (unpaired) electrons. The SMILES string of the molecule is c1cnc(N2CCN(CC3COc4ccccc4O3)CC2)nc1. The number of rotatable bonds is 3. The molecule has 2 aliphatic heterocycles. The first kappa shape index (κ1) is 14.3. The monoisotopic (exact) mass is 312 g/mol. The summed E-state index contributed by atoms with van der Waals surface area (Å²) in [7, 11) is 0. The number of fused-ring (bicyclic) bond motifs is 1. The first-order chi connectivity index (χ1) is 11.4. The van der Waals surface area contributed by atoms with Crippen LogP contribution in [0.5, 0.6) is 11.5 Å². The molecule has 1 saturated heterocycles. The van der Waals surface area contributed by atoms with Gasteiger partial charge in [-0.25, -0.2) is 9.97 Å². The molecule has 2 aromatic rings. The average Bonchev–Trinajstić information content (AvgIpc) is 2.63. The lowest BCUT2D eigenvalue weighted by molar-refractivity contribution is 0.0570. The van der Waals surface area contributed by atoms with E-state index in [-0.39, 0.29) is 6.10 Å². The maximum absolute atomic E-state index is 6.04. The smallest absolute Gasteiger partial charge is 0.225 e. The Morgan fingerprint density at radius 1 is 0.957 bits per heavy atom. The first-order valence-corrected chi connectivity index (χ1v) is 8.01. The third kappa shape index (κ3) is 3.22. The number of nitrogens with zero attached hydrogens (tertiary/aromatic N) is 4. The van der Waals surface area contributed by atoms with E-state index in [9.17, 15) is 0 Å². The van der Waals surface area contributed by atoms with Gasteiger partial charge in [-0.2, -0.15) is 0 Å². The zero-order chi connectivity index (χ0) is 15.5. The fraction of sp³-hybridized carbons (Fsp3) is 0.412. The zero-order valence-corrected chi connectivity index (χ0v) is 13.0. The van der Waals surface area contributed by atoms with Gasteiger partial charge in [0.05, 0.1) is 0 Å². The molecule has 6 heteroatoms. The van der Waals surface area contributed by atoms with Gasteiger partial charge in [-0.1, -0.05) is 12.1 Å². The third-order valence-electron chi connectivity index (χ3n) is 4.24. The topological polar surface area (TPSA) is 50.7 Å². The third-order valence-corrected chi connectivity index (χ3v) is 4.24. The molecular formula is C17H20N4O2.